The van der Waals surface area contributed by atoms with Gasteiger partial charge in [0.05, 0.1) is 5.69 Å². The van der Waals surface area contributed by atoms with E-state index in [0.717, 1.165) is 38.4 Å². The lowest BCUT2D eigenvalue weighted by Gasteiger charge is -2.05. The first-order chi connectivity index (χ1) is 7.29. The molecule has 0 saturated heterocycles. The van der Waals surface area contributed by atoms with Crippen molar-refractivity contribution in [2.75, 3.05) is 25.5 Å². The van der Waals surface area contributed by atoms with Gasteiger partial charge in [-0.2, -0.15) is 0 Å². The van der Waals surface area contributed by atoms with E-state index in [4.69, 9.17) is 5.73 Å². The molecule has 82 valence electrons. The number of anilines is 1. The topological polar surface area (TPSA) is 54.2 Å². The van der Waals surface area contributed by atoms with E-state index >= 15 is 0 Å². The Morgan fingerprint density at radius 1 is 1.47 bits per heavy atom. The lowest BCUT2D eigenvalue weighted by Crippen LogP contribution is -2.10. The number of hydrogen-bond acceptors (Lipinski definition) is 4. The highest BCUT2D eigenvalue weighted by Gasteiger charge is 2.16. The van der Waals surface area contributed by atoms with Gasteiger partial charge in [-0.15, -0.1) is 0 Å². The average molecular weight is 206 g/mol. The van der Waals surface area contributed by atoms with Crippen LogP contribution in [0.15, 0.2) is 12.1 Å². The number of hydrogen-bond donors (Lipinski definition) is 2. The van der Waals surface area contributed by atoms with Crippen molar-refractivity contribution in [2.45, 2.75) is 19.5 Å². The first kappa shape index (κ1) is 10.4. The van der Waals surface area contributed by atoms with Crippen LogP contribution in [0.1, 0.15) is 17.7 Å². The Hall–Kier alpha value is -1.13. The maximum atomic E-state index is 5.43. The Balaban J connectivity index is 2.00. The molecule has 4 heteroatoms. The van der Waals surface area contributed by atoms with E-state index in [1.54, 1.807) is 0 Å². The van der Waals surface area contributed by atoms with Crippen LogP contribution < -0.4 is 11.1 Å². The number of fused-ring (bicyclic) bond motifs is 1. The summed E-state index contributed by atoms with van der Waals surface area (Å²) < 4.78 is 0. The van der Waals surface area contributed by atoms with Crippen molar-refractivity contribution < 1.29 is 0 Å². The van der Waals surface area contributed by atoms with Gasteiger partial charge in [-0.1, -0.05) is 6.07 Å². The quantitative estimate of drug-likeness (QED) is 0.715. The highest BCUT2D eigenvalue weighted by Crippen LogP contribution is 2.20. The van der Waals surface area contributed by atoms with Crippen LogP contribution in [0.2, 0.25) is 0 Å². The van der Waals surface area contributed by atoms with Crippen molar-refractivity contribution in [1.82, 2.24) is 9.88 Å². The lowest BCUT2D eigenvalue weighted by molar-refractivity contribution is 0.351. The fourth-order valence-corrected chi connectivity index (χ4v) is 1.83. The predicted molar refractivity (Wildman–Crippen MR) is 61.6 cm³/mol. The van der Waals surface area contributed by atoms with Crippen LogP contribution in [-0.4, -0.2) is 30.0 Å². The molecule has 3 N–H and O–H groups in total. The van der Waals surface area contributed by atoms with Crippen LogP contribution in [0.25, 0.3) is 0 Å². The minimum absolute atomic E-state index is 0.723. The summed E-state index contributed by atoms with van der Waals surface area (Å²) >= 11 is 0. The van der Waals surface area contributed by atoms with Crippen molar-refractivity contribution in [3.63, 3.8) is 0 Å². The summed E-state index contributed by atoms with van der Waals surface area (Å²) in [6.07, 6.45) is 0.985. The Kier molecular flexibility index (Phi) is 3.18. The van der Waals surface area contributed by atoms with Crippen LogP contribution in [0.4, 0.5) is 5.82 Å². The molecule has 0 aliphatic carbocycles. The number of rotatable bonds is 4. The minimum atomic E-state index is 0.723. The summed E-state index contributed by atoms with van der Waals surface area (Å²) in [5, 5.41) is 3.28. The average Bonchev–Trinajstić information content (AvgIpc) is 2.57. The van der Waals surface area contributed by atoms with Crippen LogP contribution in [0.3, 0.4) is 0 Å². The minimum Gasteiger partial charge on any atom is -0.370 e. The molecule has 4 nitrogen and oxygen atoms in total. The number of nitrogens with two attached hydrogens (primary N) is 1. The van der Waals surface area contributed by atoms with E-state index in [1.165, 1.54) is 11.3 Å². The second-order valence-corrected chi connectivity index (χ2v) is 4.04. The molecule has 1 aromatic heterocycles. The molecule has 0 unspecified atom stereocenters. The van der Waals surface area contributed by atoms with Gasteiger partial charge >= 0.3 is 0 Å². The summed E-state index contributed by atoms with van der Waals surface area (Å²) in [5.74, 6) is 0.970. The largest absolute Gasteiger partial charge is 0.370 e. The van der Waals surface area contributed by atoms with Gasteiger partial charge in [0.2, 0.25) is 0 Å². The molecule has 0 spiro atoms. The molecule has 2 heterocycles. The first-order valence-electron chi connectivity index (χ1n) is 5.41. The Morgan fingerprint density at radius 3 is 3.13 bits per heavy atom. The van der Waals surface area contributed by atoms with E-state index in [-0.39, 0.29) is 0 Å². The molecule has 1 aliphatic rings. The molecule has 0 aromatic carbocycles. The Bertz CT molecular complexity index is 337. The van der Waals surface area contributed by atoms with Gasteiger partial charge < -0.3 is 11.1 Å². The summed E-state index contributed by atoms with van der Waals surface area (Å²) in [4.78, 5) is 6.85. The summed E-state index contributed by atoms with van der Waals surface area (Å²) in [6, 6.07) is 4.21. The molecular formula is C11H18N4. The van der Waals surface area contributed by atoms with Gasteiger partial charge in [0.15, 0.2) is 0 Å². The molecule has 0 bridgehead atoms. The van der Waals surface area contributed by atoms with Crippen LogP contribution in [0.5, 0.6) is 0 Å². The SMILES string of the molecule is CN1Cc2ccc(NCCCN)nc2C1. The van der Waals surface area contributed by atoms with Gasteiger partial charge in [-0.25, -0.2) is 4.98 Å². The van der Waals surface area contributed by atoms with E-state index in [9.17, 15) is 0 Å². The smallest absolute Gasteiger partial charge is 0.126 e. The summed E-state index contributed by atoms with van der Waals surface area (Å²) in [5.41, 5.74) is 7.99. The zero-order valence-corrected chi connectivity index (χ0v) is 9.16. The van der Waals surface area contributed by atoms with Gasteiger partial charge in [-0.3, -0.25) is 4.90 Å². The first-order valence-corrected chi connectivity index (χ1v) is 5.41. The number of nitrogens with one attached hydrogen (secondary N) is 1. The molecule has 0 radical (unpaired) electrons. The fraction of sp³-hybridized carbons (Fsp3) is 0.545. The third-order valence-electron chi connectivity index (χ3n) is 2.62. The molecule has 0 fully saturated rings. The summed E-state index contributed by atoms with van der Waals surface area (Å²) in [6.45, 7) is 3.60. The van der Waals surface area contributed by atoms with Crippen molar-refractivity contribution in [3.8, 4) is 0 Å². The molecule has 1 aliphatic heterocycles. The number of nitrogens with zero attached hydrogens (tertiary/aromatic N) is 2. The monoisotopic (exact) mass is 206 g/mol. The molecule has 0 saturated carbocycles. The molecule has 15 heavy (non-hydrogen) atoms. The molecular weight excluding hydrogens is 188 g/mol. The number of aromatic nitrogens is 1. The third kappa shape index (κ3) is 2.46. The predicted octanol–water partition coefficient (Wildman–Crippen LogP) is 0.788. The standard InChI is InChI=1S/C11H18N4/c1-15-7-9-3-4-11(13-6-2-5-12)14-10(9)8-15/h3-4H,2,5-8,12H2,1H3,(H,13,14). The van der Waals surface area contributed by atoms with Gasteiger partial charge in [-0.05, 0) is 31.6 Å². The molecule has 0 amide bonds. The van der Waals surface area contributed by atoms with Crippen molar-refractivity contribution in [2.24, 2.45) is 5.73 Å². The maximum Gasteiger partial charge on any atom is 0.126 e. The van der Waals surface area contributed by atoms with E-state index in [1.807, 2.05) is 0 Å². The molecule has 0 atom stereocenters. The fourth-order valence-electron chi connectivity index (χ4n) is 1.83. The maximum absolute atomic E-state index is 5.43. The van der Waals surface area contributed by atoms with Crippen molar-refractivity contribution in [1.29, 1.82) is 0 Å². The lowest BCUT2D eigenvalue weighted by atomic mass is 10.2. The summed E-state index contributed by atoms with van der Waals surface area (Å²) in [7, 11) is 2.11. The Labute approximate surface area is 90.5 Å². The normalized spacial score (nSPS) is 15.3. The van der Waals surface area contributed by atoms with Crippen LogP contribution in [-0.2, 0) is 13.1 Å². The zero-order valence-electron chi connectivity index (χ0n) is 9.16. The van der Waals surface area contributed by atoms with Crippen molar-refractivity contribution >= 4 is 5.82 Å². The van der Waals surface area contributed by atoms with Gasteiger partial charge in [0.1, 0.15) is 5.82 Å². The van der Waals surface area contributed by atoms with Gasteiger partial charge in [0.25, 0.3) is 0 Å². The van der Waals surface area contributed by atoms with Crippen LogP contribution >= 0.6 is 0 Å². The van der Waals surface area contributed by atoms with Crippen molar-refractivity contribution in [3.05, 3.63) is 23.4 Å². The van der Waals surface area contributed by atoms with E-state index in [2.05, 4.69) is 34.4 Å². The second kappa shape index (κ2) is 4.59. The molecule has 1 aromatic rings. The van der Waals surface area contributed by atoms with Gasteiger partial charge in [0, 0.05) is 19.6 Å². The highest BCUT2D eigenvalue weighted by atomic mass is 15.1. The van der Waals surface area contributed by atoms with E-state index in [0.29, 0.717) is 0 Å². The third-order valence-corrected chi connectivity index (χ3v) is 2.62. The zero-order chi connectivity index (χ0) is 10.7. The highest BCUT2D eigenvalue weighted by molar-refractivity contribution is 5.39. The molecule has 2 rings (SSSR count). The Morgan fingerprint density at radius 2 is 2.33 bits per heavy atom. The second-order valence-electron chi connectivity index (χ2n) is 4.04. The van der Waals surface area contributed by atoms with Crippen LogP contribution in [0, 0.1) is 0 Å². The van der Waals surface area contributed by atoms with E-state index < -0.39 is 0 Å². The number of pyridine rings is 1.